The quantitative estimate of drug-likeness (QED) is 0.0155. The number of ether oxygens (including phenoxy) is 9. The van der Waals surface area contributed by atoms with Gasteiger partial charge in [-0.15, -0.1) is 0 Å². The lowest BCUT2D eigenvalue weighted by molar-refractivity contribution is -0.129. The minimum Gasteiger partial charge on any atom is -0.423 e. The molecule has 0 fully saturated rings. The fraction of sp³-hybridized carbons (Fsp3) is 0.189. The van der Waals surface area contributed by atoms with Gasteiger partial charge in [-0.1, -0.05) is 326 Å². The molecule has 0 unspecified atom stereocenters. The zero-order valence-corrected chi connectivity index (χ0v) is 82.0. The van der Waals surface area contributed by atoms with E-state index in [1.54, 1.807) is 109 Å². The van der Waals surface area contributed by atoms with Crippen molar-refractivity contribution < 1.29 is 85.8 Å². The Hall–Kier alpha value is -16.5. The number of rotatable bonds is 35. The predicted molar refractivity (Wildman–Crippen MR) is 550 cm³/mol. The van der Waals surface area contributed by atoms with Crippen LogP contribution >= 0.6 is 0 Å². The van der Waals surface area contributed by atoms with Crippen molar-refractivity contribution in [3.63, 3.8) is 0 Å². The summed E-state index contributed by atoms with van der Waals surface area (Å²) in [5.74, 6) is -0.687. The lowest BCUT2D eigenvalue weighted by Crippen LogP contribution is -2.26. The Labute approximate surface area is 821 Å². The van der Waals surface area contributed by atoms with Crippen LogP contribution in [0, 0.1) is 0 Å². The summed E-state index contributed by atoms with van der Waals surface area (Å²) in [5.41, 5.74) is 14.3. The summed E-state index contributed by atoms with van der Waals surface area (Å²) < 4.78 is 47.7. The van der Waals surface area contributed by atoms with Crippen LogP contribution in [-0.4, -0.2) is 53.7 Å². The molecule has 0 spiro atoms. The monoisotopic (exact) mass is 1870 g/mol. The maximum absolute atomic E-state index is 11.7. The van der Waals surface area contributed by atoms with Gasteiger partial charge in [0.2, 0.25) is 0 Å². The predicted octanol–water partition coefficient (Wildman–Crippen LogP) is 25.5. The molecule has 0 atom stereocenters. The van der Waals surface area contributed by atoms with Gasteiger partial charge >= 0.3 is 53.7 Å². The third kappa shape index (κ3) is 25.4. The smallest absolute Gasteiger partial charge is 0.335 e. The van der Waals surface area contributed by atoms with E-state index >= 15 is 0 Å². The van der Waals surface area contributed by atoms with E-state index in [-0.39, 0.29) is 5.41 Å². The molecule has 0 saturated carbocycles. The number of hydrogen-bond acceptors (Lipinski definition) is 18. The first-order valence-corrected chi connectivity index (χ1v) is 45.2. The number of esters is 9. The summed E-state index contributed by atoms with van der Waals surface area (Å²) in [7, 11) is 0. The molecule has 140 heavy (non-hydrogen) atoms. The average molecular weight is 1870 g/mol. The summed E-state index contributed by atoms with van der Waals surface area (Å²) in [5, 5.41) is 0. The molecule has 0 aliphatic carbocycles. The molecule has 0 aromatic heterocycles. The van der Waals surface area contributed by atoms with Gasteiger partial charge in [0.15, 0.2) is 0 Å². The number of benzene rings is 12. The molecule has 0 heterocycles. The highest BCUT2D eigenvalue weighted by Gasteiger charge is 2.38. The van der Waals surface area contributed by atoms with E-state index in [9.17, 15) is 43.2 Å². The molecule has 0 saturated heterocycles. The molecule has 12 rings (SSSR count). The minimum atomic E-state index is -0.624. The van der Waals surface area contributed by atoms with Crippen LogP contribution in [0.25, 0.3) is 0 Å². The van der Waals surface area contributed by atoms with Crippen molar-refractivity contribution in [3.05, 3.63) is 488 Å². The number of carbonyl (C=O) groups excluding carboxylic acids is 9. The van der Waals surface area contributed by atoms with Crippen LogP contribution in [-0.2, 0) is 86.5 Å². The Balaban J connectivity index is 0.000000216. The van der Waals surface area contributed by atoms with Gasteiger partial charge < -0.3 is 42.6 Å². The topological polar surface area (TPSA) is 237 Å². The SMILES string of the molecule is C=CC(=O)Oc1ccc(C(C)(C)c2cc(C(C)(C)c3ccc(OC(=O)C=C)cc3)cc(C(C)(C)c3ccc(OC(=O)C=C)cc3)c2)cc1.C=CC(=O)Oc1ccc(C(C)(C)c2cc(C(C)(C)c3ccc(OC(=O)C=C)cc3)cc(C(C)(C)c3ccc(OC(=O)C=C)cc3)c2)cc1.C=CC(=O)Oc1ccc(C(C)(C)c2ccc(C(C)(c3ccc(OC(=O)C=C)cc3)c3ccc(OC(=O)C=C)cc3)cc2)cc1. The van der Waals surface area contributed by atoms with Crippen molar-refractivity contribution in [1.82, 2.24) is 0 Å². The number of hydrogen-bond donors (Lipinski definition) is 0. The standard InChI is InChI=1S/2C42H42O6.C38H34O6/c2*1-10-37(43)46-34-19-13-28(14-20-34)40(4,5)31-25-32(41(6,7)29-15-21-35(22-16-29)47-38(44)11-2)27-33(26-31)42(8,9)30-17-23-36(24-18-30)48-39(45)12-3;1-7-34(39)42-31-20-14-27(15-21-31)37(4,5)26-10-12-28(13-11-26)38(6,29-16-22-32(23-17-29)43-35(40)8-2)30-18-24-33(25-19-30)44-36(41)9-3/h2*10-27H,1-3H2,4-9H3;7-25H,1-3H2,4-6H3. The van der Waals surface area contributed by atoms with Crippen LogP contribution in [0.2, 0.25) is 0 Å². The second-order valence-electron chi connectivity index (χ2n) is 37.0. The molecule has 12 aromatic carbocycles. The maximum Gasteiger partial charge on any atom is 0.335 e. The molecule has 0 radical (unpaired) electrons. The molecule has 0 aliphatic heterocycles. The van der Waals surface area contributed by atoms with E-state index in [1.807, 2.05) is 109 Å². The van der Waals surface area contributed by atoms with Gasteiger partial charge in [0.05, 0.1) is 0 Å². The Bertz CT molecular complexity index is 5840. The molecule has 18 nitrogen and oxygen atoms in total. The summed E-state index contributed by atoms with van der Waals surface area (Å²) in [4.78, 5) is 105. The number of carbonyl (C=O) groups is 9. The summed E-state index contributed by atoms with van der Waals surface area (Å²) >= 11 is 0. The van der Waals surface area contributed by atoms with E-state index < -0.39 is 91.6 Å². The summed E-state index contributed by atoms with van der Waals surface area (Å²) in [6, 6.07) is 89.2. The molecular formula is C122H118O18. The lowest BCUT2D eigenvalue weighted by atomic mass is 9.69. The van der Waals surface area contributed by atoms with Gasteiger partial charge in [-0.05, 0) is 211 Å². The molecule has 18 heteroatoms. The van der Waals surface area contributed by atoms with Crippen LogP contribution in [0.15, 0.2) is 393 Å². The first kappa shape index (κ1) is 106. The third-order valence-corrected chi connectivity index (χ3v) is 25.7. The second-order valence-corrected chi connectivity index (χ2v) is 37.0. The second kappa shape index (κ2) is 45.0. The lowest BCUT2D eigenvalue weighted by Gasteiger charge is -2.35. The molecular weight excluding hydrogens is 1750 g/mol. The highest BCUT2D eigenvalue weighted by atomic mass is 16.6. The first-order valence-electron chi connectivity index (χ1n) is 45.2. The Morgan fingerprint density at radius 2 is 0.236 bits per heavy atom. The van der Waals surface area contributed by atoms with Gasteiger partial charge in [-0.3, -0.25) is 0 Å². The molecule has 0 aliphatic rings. The fourth-order valence-corrected chi connectivity index (χ4v) is 16.0. The maximum atomic E-state index is 11.7. The molecule has 0 N–H and O–H groups in total. The first-order chi connectivity index (χ1) is 66.2. The highest BCUT2D eigenvalue weighted by molar-refractivity contribution is 5.87. The minimum absolute atomic E-state index is 0.344. The van der Waals surface area contributed by atoms with Gasteiger partial charge in [-0.2, -0.15) is 0 Å². The Morgan fingerprint density at radius 1 is 0.150 bits per heavy atom. The van der Waals surface area contributed by atoms with Crippen molar-refractivity contribution in [1.29, 1.82) is 0 Å². The largest absolute Gasteiger partial charge is 0.423 e. The van der Waals surface area contributed by atoms with Gasteiger partial charge in [-0.25, -0.2) is 43.2 Å². The van der Waals surface area contributed by atoms with E-state index in [0.717, 1.165) is 149 Å². The van der Waals surface area contributed by atoms with Crippen molar-refractivity contribution in [3.8, 4) is 51.7 Å². The van der Waals surface area contributed by atoms with Crippen molar-refractivity contribution in [2.24, 2.45) is 0 Å². The van der Waals surface area contributed by atoms with E-state index in [2.05, 4.69) is 224 Å². The normalized spacial score (nSPS) is 11.5. The van der Waals surface area contributed by atoms with Crippen LogP contribution < -0.4 is 42.6 Å². The van der Waals surface area contributed by atoms with Gasteiger partial charge in [0.25, 0.3) is 0 Å². The fourth-order valence-electron chi connectivity index (χ4n) is 16.0. The Morgan fingerprint density at radius 3 is 0.343 bits per heavy atom. The summed E-state index contributed by atoms with van der Waals surface area (Å²) in [6.45, 7) is 63.6. The summed E-state index contributed by atoms with van der Waals surface area (Å²) in [6.07, 6.45) is 10.2. The zero-order chi connectivity index (χ0) is 102. The zero-order valence-electron chi connectivity index (χ0n) is 82.0. The van der Waals surface area contributed by atoms with Crippen LogP contribution in [0.5, 0.6) is 51.7 Å². The van der Waals surface area contributed by atoms with Crippen LogP contribution in [0.4, 0.5) is 0 Å². The van der Waals surface area contributed by atoms with Crippen molar-refractivity contribution in [2.75, 3.05) is 0 Å². The van der Waals surface area contributed by atoms with Gasteiger partial charge in [0, 0.05) is 98.0 Å². The van der Waals surface area contributed by atoms with E-state index in [1.165, 1.54) is 0 Å². The van der Waals surface area contributed by atoms with Crippen LogP contribution in [0.3, 0.4) is 0 Å². The molecule has 0 bridgehead atoms. The average Bonchev–Trinajstić information content (AvgIpc) is 0.685. The van der Waals surface area contributed by atoms with Crippen LogP contribution in [0.1, 0.15) is 198 Å². The molecule has 714 valence electrons. The molecule has 12 aromatic rings. The van der Waals surface area contributed by atoms with Gasteiger partial charge in [0.1, 0.15) is 51.7 Å². The Kier molecular flexibility index (Phi) is 33.9. The van der Waals surface area contributed by atoms with E-state index in [4.69, 9.17) is 42.6 Å². The van der Waals surface area contributed by atoms with Crippen molar-refractivity contribution >= 4 is 53.7 Å². The van der Waals surface area contributed by atoms with Crippen molar-refractivity contribution in [2.45, 2.75) is 147 Å². The molecule has 0 amide bonds. The van der Waals surface area contributed by atoms with E-state index in [0.29, 0.717) is 51.7 Å². The third-order valence-electron chi connectivity index (χ3n) is 25.7. The highest BCUT2D eigenvalue weighted by Crippen LogP contribution is 2.48.